The lowest BCUT2D eigenvalue weighted by atomic mass is 10.2. The van der Waals surface area contributed by atoms with Gasteiger partial charge in [0, 0.05) is 12.1 Å². The Morgan fingerprint density at radius 3 is 1.97 bits per heavy atom. The zero-order valence-electron chi connectivity index (χ0n) is 16.8. The van der Waals surface area contributed by atoms with Crippen LogP contribution in [0.2, 0.25) is 0 Å². The van der Waals surface area contributed by atoms with Crippen LogP contribution >= 0.6 is 0 Å². The number of benzene rings is 3. The standard InChI is InChI=1S/C25H21FN2O3/c26-21-12-7-13-23(14-21)29-18-22-15-24(30-16-19-8-3-1-4-9-19)25(28-27-22)31-17-20-10-5-2-6-11-20/h1-15H,16-18H2. The van der Waals surface area contributed by atoms with Gasteiger partial charge in [-0.2, -0.15) is 0 Å². The molecular weight excluding hydrogens is 395 g/mol. The van der Waals surface area contributed by atoms with Gasteiger partial charge < -0.3 is 14.2 Å². The summed E-state index contributed by atoms with van der Waals surface area (Å²) in [5, 5.41) is 8.35. The van der Waals surface area contributed by atoms with Crippen molar-refractivity contribution < 1.29 is 18.6 Å². The molecule has 0 spiro atoms. The minimum Gasteiger partial charge on any atom is -0.487 e. The van der Waals surface area contributed by atoms with Crippen molar-refractivity contribution in [1.82, 2.24) is 10.2 Å². The molecule has 4 rings (SSSR count). The van der Waals surface area contributed by atoms with Gasteiger partial charge >= 0.3 is 0 Å². The predicted molar refractivity (Wildman–Crippen MR) is 114 cm³/mol. The molecule has 4 aromatic rings. The Bertz CT molecular complexity index is 1110. The number of hydrogen-bond acceptors (Lipinski definition) is 5. The van der Waals surface area contributed by atoms with Crippen molar-refractivity contribution in [3.8, 4) is 17.4 Å². The first-order chi connectivity index (χ1) is 15.3. The molecule has 156 valence electrons. The first-order valence-electron chi connectivity index (χ1n) is 9.85. The molecule has 0 N–H and O–H groups in total. The molecule has 0 radical (unpaired) electrons. The highest BCUT2D eigenvalue weighted by Crippen LogP contribution is 2.27. The van der Waals surface area contributed by atoms with Crippen LogP contribution in [-0.2, 0) is 19.8 Å². The molecule has 0 saturated carbocycles. The van der Waals surface area contributed by atoms with E-state index in [0.717, 1.165) is 11.1 Å². The molecule has 0 fully saturated rings. The van der Waals surface area contributed by atoms with Gasteiger partial charge in [0.15, 0.2) is 5.75 Å². The summed E-state index contributed by atoms with van der Waals surface area (Å²) < 4.78 is 30.8. The highest BCUT2D eigenvalue weighted by atomic mass is 19.1. The average Bonchev–Trinajstić information content (AvgIpc) is 2.82. The fourth-order valence-corrected chi connectivity index (χ4v) is 2.85. The molecule has 31 heavy (non-hydrogen) atoms. The van der Waals surface area contributed by atoms with Crippen LogP contribution in [0.5, 0.6) is 17.4 Å². The van der Waals surface area contributed by atoms with E-state index >= 15 is 0 Å². The summed E-state index contributed by atoms with van der Waals surface area (Å²) in [6.45, 7) is 0.825. The lowest BCUT2D eigenvalue weighted by Gasteiger charge is -2.13. The fraction of sp³-hybridized carbons (Fsp3) is 0.120. The van der Waals surface area contributed by atoms with E-state index in [2.05, 4.69) is 10.2 Å². The Balaban J connectivity index is 1.48. The highest BCUT2D eigenvalue weighted by Gasteiger charge is 2.12. The second-order valence-corrected chi connectivity index (χ2v) is 6.80. The SMILES string of the molecule is Fc1cccc(OCc2cc(OCc3ccccc3)c(OCc3ccccc3)nn2)c1. The van der Waals surface area contributed by atoms with E-state index in [4.69, 9.17) is 14.2 Å². The predicted octanol–water partition coefficient (Wildman–Crippen LogP) is 5.35. The van der Waals surface area contributed by atoms with Gasteiger partial charge in [-0.15, -0.1) is 10.2 Å². The van der Waals surface area contributed by atoms with Crippen LogP contribution in [0.3, 0.4) is 0 Å². The molecule has 5 nitrogen and oxygen atoms in total. The maximum Gasteiger partial charge on any atom is 0.276 e. The Kier molecular flexibility index (Phi) is 6.70. The molecule has 0 amide bonds. The maximum atomic E-state index is 13.4. The molecular formula is C25H21FN2O3. The van der Waals surface area contributed by atoms with Crippen LogP contribution in [-0.4, -0.2) is 10.2 Å². The molecule has 6 heteroatoms. The largest absolute Gasteiger partial charge is 0.487 e. The lowest BCUT2D eigenvalue weighted by Crippen LogP contribution is -2.06. The topological polar surface area (TPSA) is 53.5 Å². The normalized spacial score (nSPS) is 10.5. The lowest BCUT2D eigenvalue weighted by molar-refractivity contribution is 0.240. The Morgan fingerprint density at radius 2 is 1.29 bits per heavy atom. The van der Waals surface area contributed by atoms with E-state index in [-0.39, 0.29) is 12.4 Å². The quantitative estimate of drug-likeness (QED) is 0.368. The third-order valence-electron chi connectivity index (χ3n) is 4.42. The molecule has 0 atom stereocenters. The van der Waals surface area contributed by atoms with Gasteiger partial charge in [-0.1, -0.05) is 66.7 Å². The van der Waals surface area contributed by atoms with Gasteiger partial charge in [-0.3, -0.25) is 0 Å². The van der Waals surface area contributed by atoms with Crippen molar-refractivity contribution in [2.45, 2.75) is 19.8 Å². The molecule has 0 aliphatic rings. The van der Waals surface area contributed by atoms with Gasteiger partial charge in [0.1, 0.15) is 37.1 Å². The average molecular weight is 416 g/mol. The van der Waals surface area contributed by atoms with E-state index in [1.807, 2.05) is 60.7 Å². The smallest absolute Gasteiger partial charge is 0.276 e. The highest BCUT2D eigenvalue weighted by molar-refractivity contribution is 5.34. The summed E-state index contributed by atoms with van der Waals surface area (Å²) in [4.78, 5) is 0. The number of nitrogens with zero attached hydrogens (tertiary/aromatic N) is 2. The maximum absolute atomic E-state index is 13.4. The fourth-order valence-electron chi connectivity index (χ4n) is 2.85. The minimum absolute atomic E-state index is 0.122. The zero-order valence-corrected chi connectivity index (χ0v) is 16.8. The molecule has 0 unspecified atom stereocenters. The van der Waals surface area contributed by atoms with Crippen molar-refractivity contribution in [2.24, 2.45) is 0 Å². The molecule has 0 saturated heterocycles. The van der Waals surface area contributed by atoms with Crippen molar-refractivity contribution in [2.75, 3.05) is 0 Å². The van der Waals surface area contributed by atoms with Crippen LogP contribution < -0.4 is 14.2 Å². The van der Waals surface area contributed by atoms with Gasteiger partial charge in [-0.25, -0.2) is 4.39 Å². The van der Waals surface area contributed by atoms with Crippen LogP contribution in [0, 0.1) is 5.82 Å². The third-order valence-corrected chi connectivity index (χ3v) is 4.42. The number of rotatable bonds is 9. The van der Waals surface area contributed by atoms with Crippen molar-refractivity contribution >= 4 is 0 Å². The van der Waals surface area contributed by atoms with Crippen LogP contribution in [0.15, 0.2) is 91.0 Å². The first-order valence-corrected chi connectivity index (χ1v) is 9.85. The second-order valence-electron chi connectivity index (χ2n) is 6.80. The second kappa shape index (κ2) is 10.2. The van der Waals surface area contributed by atoms with Crippen molar-refractivity contribution in [3.05, 3.63) is 114 Å². The molecule has 1 aromatic heterocycles. The Hall–Kier alpha value is -3.93. The van der Waals surface area contributed by atoms with Gasteiger partial charge in [0.25, 0.3) is 5.88 Å². The molecule has 3 aromatic carbocycles. The van der Waals surface area contributed by atoms with E-state index in [1.54, 1.807) is 18.2 Å². The number of hydrogen-bond donors (Lipinski definition) is 0. The Morgan fingerprint density at radius 1 is 0.613 bits per heavy atom. The monoisotopic (exact) mass is 416 g/mol. The zero-order chi connectivity index (χ0) is 21.3. The molecule has 0 aliphatic carbocycles. The van der Waals surface area contributed by atoms with Crippen LogP contribution in [0.25, 0.3) is 0 Å². The molecule has 0 aliphatic heterocycles. The summed E-state index contributed by atoms with van der Waals surface area (Å²) in [6.07, 6.45) is 0. The van der Waals surface area contributed by atoms with E-state index < -0.39 is 0 Å². The minimum atomic E-state index is -0.361. The van der Waals surface area contributed by atoms with Crippen molar-refractivity contribution in [1.29, 1.82) is 0 Å². The van der Waals surface area contributed by atoms with Crippen molar-refractivity contribution in [3.63, 3.8) is 0 Å². The summed E-state index contributed by atoms with van der Waals surface area (Å²) in [7, 11) is 0. The third kappa shape index (κ3) is 6.02. The molecule has 1 heterocycles. The van der Waals surface area contributed by atoms with Crippen LogP contribution in [0.1, 0.15) is 16.8 Å². The first kappa shape index (κ1) is 20.3. The summed E-state index contributed by atoms with van der Waals surface area (Å²) in [6, 6.07) is 27.3. The van der Waals surface area contributed by atoms with Gasteiger partial charge in [-0.05, 0) is 23.3 Å². The van der Waals surface area contributed by atoms with Crippen LogP contribution in [0.4, 0.5) is 4.39 Å². The summed E-state index contributed by atoms with van der Waals surface area (Å²) in [5.41, 5.74) is 2.57. The summed E-state index contributed by atoms with van der Waals surface area (Å²) >= 11 is 0. The molecule has 0 bridgehead atoms. The Labute approximate surface area is 180 Å². The van der Waals surface area contributed by atoms with E-state index in [1.165, 1.54) is 12.1 Å². The van der Waals surface area contributed by atoms with Gasteiger partial charge in [0.2, 0.25) is 0 Å². The van der Waals surface area contributed by atoms with Gasteiger partial charge in [0.05, 0.1) is 0 Å². The number of aromatic nitrogens is 2. The van der Waals surface area contributed by atoms with E-state index in [0.29, 0.717) is 36.3 Å². The van der Waals surface area contributed by atoms with E-state index in [9.17, 15) is 4.39 Å². The number of halogens is 1. The summed E-state index contributed by atoms with van der Waals surface area (Å²) in [5.74, 6) is 0.819. The number of ether oxygens (including phenoxy) is 3.